The SMILES string of the molecule is CCCCN(CCCC)CC(O)c1cc(-c2ccc(Cl)cc2)cc2ccccc12. The van der Waals surface area contributed by atoms with Crippen LogP contribution in [-0.2, 0) is 0 Å². The van der Waals surface area contributed by atoms with E-state index in [1.54, 1.807) is 0 Å². The lowest BCUT2D eigenvalue weighted by atomic mass is 9.94. The van der Waals surface area contributed by atoms with Gasteiger partial charge in [-0.2, -0.15) is 0 Å². The molecule has 154 valence electrons. The minimum absolute atomic E-state index is 0.513. The van der Waals surface area contributed by atoms with E-state index in [1.807, 2.05) is 30.3 Å². The molecule has 0 aromatic heterocycles. The Bertz CT molecular complexity index is 898. The fraction of sp³-hybridized carbons (Fsp3) is 0.385. The van der Waals surface area contributed by atoms with E-state index in [0.29, 0.717) is 6.54 Å². The quantitative estimate of drug-likeness (QED) is 0.386. The van der Waals surface area contributed by atoms with Crippen LogP contribution in [0.4, 0.5) is 0 Å². The molecular formula is C26H32ClNO. The summed E-state index contributed by atoms with van der Waals surface area (Å²) in [6.07, 6.45) is 4.17. The Kier molecular flexibility index (Phi) is 8.11. The zero-order valence-electron chi connectivity index (χ0n) is 17.6. The van der Waals surface area contributed by atoms with Gasteiger partial charge >= 0.3 is 0 Å². The van der Waals surface area contributed by atoms with E-state index in [9.17, 15) is 5.11 Å². The van der Waals surface area contributed by atoms with Crippen LogP contribution in [0.5, 0.6) is 0 Å². The van der Waals surface area contributed by atoms with Gasteiger partial charge in [0.1, 0.15) is 0 Å². The van der Waals surface area contributed by atoms with Crippen LogP contribution in [-0.4, -0.2) is 29.6 Å². The summed E-state index contributed by atoms with van der Waals surface area (Å²) >= 11 is 6.07. The predicted octanol–water partition coefficient (Wildman–Crippen LogP) is 7.10. The second kappa shape index (κ2) is 10.8. The van der Waals surface area contributed by atoms with Crippen molar-refractivity contribution < 1.29 is 5.11 Å². The average molecular weight is 410 g/mol. The van der Waals surface area contributed by atoms with Crippen LogP contribution in [0.2, 0.25) is 5.02 Å². The molecule has 1 N–H and O–H groups in total. The van der Waals surface area contributed by atoms with E-state index in [2.05, 4.69) is 49.1 Å². The molecule has 0 bridgehead atoms. The molecular weight excluding hydrogens is 378 g/mol. The van der Waals surface area contributed by atoms with Crippen LogP contribution >= 0.6 is 11.6 Å². The minimum atomic E-state index is -0.513. The first-order valence-electron chi connectivity index (χ1n) is 10.8. The Morgan fingerprint density at radius 2 is 1.52 bits per heavy atom. The van der Waals surface area contributed by atoms with E-state index < -0.39 is 6.10 Å². The monoisotopic (exact) mass is 409 g/mol. The molecule has 0 saturated carbocycles. The normalized spacial score (nSPS) is 12.6. The first kappa shape index (κ1) is 21.8. The third-order valence-electron chi connectivity index (χ3n) is 5.52. The van der Waals surface area contributed by atoms with Crippen molar-refractivity contribution in [2.45, 2.75) is 45.6 Å². The Balaban J connectivity index is 1.94. The lowest BCUT2D eigenvalue weighted by Crippen LogP contribution is -2.30. The number of unbranched alkanes of at least 4 members (excludes halogenated alkanes) is 2. The van der Waals surface area contributed by atoms with Crippen LogP contribution in [0.25, 0.3) is 21.9 Å². The Hall–Kier alpha value is -1.87. The summed E-state index contributed by atoms with van der Waals surface area (Å²) in [5.74, 6) is 0. The maximum absolute atomic E-state index is 11.2. The molecule has 0 fully saturated rings. The third kappa shape index (κ3) is 5.82. The Labute approximate surface area is 180 Å². The molecule has 3 aromatic rings. The highest BCUT2D eigenvalue weighted by Crippen LogP contribution is 2.32. The van der Waals surface area contributed by atoms with Crippen LogP contribution in [0, 0.1) is 0 Å². The van der Waals surface area contributed by atoms with Gasteiger partial charge in [-0.05, 0) is 77.7 Å². The molecule has 3 rings (SSSR count). The molecule has 0 aliphatic rings. The van der Waals surface area contributed by atoms with Crippen LogP contribution in [0.1, 0.15) is 51.2 Å². The summed E-state index contributed by atoms with van der Waals surface area (Å²) in [5.41, 5.74) is 3.23. The molecule has 0 heterocycles. The molecule has 0 spiro atoms. The number of aliphatic hydroxyl groups excluding tert-OH is 1. The molecule has 0 radical (unpaired) electrons. The van der Waals surface area contributed by atoms with Crippen molar-refractivity contribution in [3.05, 3.63) is 71.2 Å². The summed E-state index contributed by atoms with van der Waals surface area (Å²) in [6, 6.07) is 20.6. The van der Waals surface area contributed by atoms with Gasteiger partial charge in [-0.3, -0.25) is 0 Å². The van der Waals surface area contributed by atoms with Crippen molar-refractivity contribution in [1.82, 2.24) is 4.90 Å². The van der Waals surface area contributed by atoms with Gasteiger partial charge in [-0.1, -0.05) is 74.7 Å². The van der Waals surface area contributed by atoms with Crippen LogP contribution < -0.4 is 0 Å². The summed E-state index contributed by atoms with van der Waals surface area (Å²) < 4.78 is 0. The summed E-state index contributed by atoms with van der Waals surface area (Å²) in [7, 11) is 0. The fourth-order valence-electron chi connectivity index (χ4n) is 3.83. The second-order valence-corrected chi connectivity index (χ2v) is 8.25. The Morgan fingerprint density at radius 1 is 0.862 bits per heavy atom. The molecule has 1 unspecified atom stereocenters. The van der Waals surface area contributed by atoms with Crippen molar-refractivity contribution in [3.8, 4) is 11.1 Å². The molecule has 0 aliphatic heterocycles. The molecule has 0 saturated heterocycles. The number of rotatable bonds is 10. The number of hydrogen-bond acceptors (Lipinski definition) is 2. The van der Waals surface area contributed by atoms with Crippen molar-refractivity contribution >= 4 is 22.4 Å². The molecule has 3 aromatic carbocycles. The molecule has 3 heteroatoms. The van der Waals surface area contributed by atoms with Crippen molar-refractivity contribution in [3.63, 3.8) is 0 Å². The van der Waals surface area contributed by atoms with Gasteiger partial charge < -0.3 is 10.0 Å². The van der Waals surface area contributed by atoms with Gasteiger partial charge in [0, 0.05) is 11.6 Å². The topological polar surface area (TPSA) is 23.5 Å². The fourth-order valence-corrected chi connectivity index (χ4v) is 3.95. The summed E-state index contributed by atoms with van der Waals surface area (Å²) in [4.78, 5) is 2.42. The molecule has 0 amide bonds. The van der Waals surface area contributed by atoms with E-state index in [1.165, 1.54) is 25.7 Å². The molecule has 0 aliphatic carbocycles. The number of hydrogen-bond donors (Lipinski definition) is 1. The number of halogens is 1. The van der Waals surface area contributed by atoms with Gasteiger partial charge in [0.2, 0.25) is 0 Å². The zero-order valence-corrected chi connectivity index (χ0v) is 18.3. The van der Waals surface area contributed by atoms with E-state index in [-0.39, 0.29) is 0 Å². The second-order valence-electron chi connectivity index (χ2n) is 7.82. The highest BCUT2D eigenvalue weighted by atomic mass is 35.5. The average Bonchev–Trinajstić information content (AvgIpc) is 2.75. The lowest BCUT2D eigenvalue weighted by molar-refractivity contribution is 0.112. The van der Waals surface area contributed by atoms with Crippen molar-refractivity contribution in [2.75, 3.05) is 19.6 Å². The van der Waals surface area contributed by atoms with E-state index in [0.717, 1.165) is 45.6 Å². The first-order valence-corrected chi connectivity index (χ1v) is 11.2. The highest BCUT2D eigenvalue weighted by molar-refractivity contribution is 6.30. The van der Waals surface area contributed by atoms with Gasteiger partial charge in [0.25, 0.3) is 0 Å². The summed E-state index contributed by atoms with van der Waals surface area (Å²) in [6.45, 7) is 7.20. The maximum atomic E-state index is 11.2. The van der Waals surface area contributed by atoms with Crippen LogP contribution in [0.15, 0.2) is 60.7 Å². The van der Waals surface area contributed by atoms with Gasteiger partial charge in [-0.25, -0.2) is 0 Å². The third-order valence-corrected chi connectivity index (χ3v) is 5.77. The lowest BCUT2D eigenvalue weighted by Gasteiger charge is -2.26. The zero-order chi connectivity index (χ0) is 20.6. The first-order chi connectivity index (χ1) is 14.1. The smallest absolute Gasteiger partial charge is 0.0923 e. The highest BCUT2D eigenvalue weighted by Gasteiger charge is 2.17. The number of aliphatic hydroxyl groups is 1. The predicted molar refractivity (Wildman–Crippen MR) is 126 cm³/mol. The molecule has 2 nitrogen and oxygen atoms in total. The van der Waals surface area contributed by atoms with E-state index >= 15 is 0 Å². The standard InChI is InChI=1S/C26H32ClNO/c1-3-5-15-28(16-6-4-2)19-26(29)25-18-22(20-11-13-23(27)14-12-20)17-21-9-7-8-10-24(21)25/h7-14,17-18,26,29H,3-6,15-16,19H2,1-2H3. The van der Waals surface area contributed by atoms with Crippen molar-refractivity contribution in [1.29, 1.82) is 0 Å². The number of benzene rings is 3. The van der Waals surface area contributed by atoms with Crippen molar-refractivity contribution in [2.24, 2.45) is 0 Å². The number of nitrogens with zero attached hydrogens (tertiary/aromatic N) is 1. The van der Waals surface area contributed by atoms with Gasteiger partial charge in [-0.15, -0.1) is 0 Å². The molecule has 29 heavy (non-hydrogen) atoms. The van der Waals surface area contributed by atoms with E-state index in [4.69, 9.17) is 11.6 Å². The maximum Gasteiger partial charge on any atom is 0.0923 e. The Morgan fingerprint density at radius 3 is 2.17 bits per heavy atom. The molecule has 1 atom stereocenters. The van der Waals surface area contributed by atoms with Crippen LogP contribution in [0.3, 0.4) is 0 Å². The largest absolute Gasteiger partial charge is 0.387 e. The van der Waals surface area contributed by atoms with Gasteiger partial charge in [0.05, 0.1) is 6.10 Å². The number of fused-ring (bicyclic) bond motifs is 1. The summed E-state index contributed by atoms with van der Waals surface area (Å²) in [5, 5.41) is 14.3. The minimum Gasteiger partial charge on any atom is -0.387 e. The van der Waals surface area contributed by atoms with Gasteiger partial charge in [0.15, 0.2) is 0 Å².